The van der Waals surface area contributed by atoms with E-state index in [0.717, 1.165) is 26.8 Å². The van der Waals surface area contributed by atoms with Crippen LogP contribution in [0, 0.1) is 0 Å². The molecular formula is C51H34N4. The van der Waals surface area contributed by atoms with E-state index in [1.54, 1.807) is 6.07 Å². The third-order valence-corrected chi connectivity index (χ3v) is 9.08. The molecule has 8 aromatic carbocycles. The van der Waals surface area contributed by atoms with Crippen LogP contribution in [0.15, 0.2) is 206 Å². The molecule has 258 valence electrons. The number of rotatable bonds is 7. The fourth-order valence-electron chi connectivity index (χ4n) is 6.42. The molecule has 0 saturated carbocycles. The van der Waals surface area contributed by atoms with E-state index in [4.69, 9.17) is 27.3 Å². The summed E-state index contributed by atoms with van der Waals surface area (Å²) in [5.41, 5.74) is 1.68. The molecule has 4 nitrogen and oxygen atoms in total. The second-order valence-electron chi connectivity index (χ2n) is 12.5. The van der Waals surface area contributed by atoms with Gasteiger partial charge in [-0.3, -0.25) is 0 Å². The van der Waals surface area contributed by atoms with Crippen molar-refractivity contribution in [1.29, 1.82) is 0 Å². The van der Waals surface area contributed by atoms with Crippen molar-refractivity contribution in [2.24, 2.45) is 0 Å². The summed E-state index contributed by atoms with van der Waals surface area (Å²) in [5, 5.41) is -0.819. The molecule has 0 radical (unpaired) electrons. The average molecular weight is 719 g/mol. The van der Waals surface area contributed by atoms with E-state index in [9.17, 15) is 9.60 Å². The van der Waals surface area contributed by atoms with E-state index in [0.29, 0.717) is 11.1 Å². The van der Waals surface area contributed by atoms with Crippen molar-refractivity contribution in [2.45, 2.75) is 0 Å². The molecule has 0 aliphatic carbocycles. The minimum absolute atomic E-state index is 0.147. The standard InChI is InChI=1S/C51H34N4/c1-4-13-35(14-5-1)38-23-25-39(26-24-38)49-52-50(54-51(53-49)43-20-12-19-41(33-43)36-15-6-2-7-16-36)40-27-30-44(31-28-40)55-47-22-11-10-21-45(47)46-34-42(29-32-48(46)55)37-17-8-3-9-18-37/h1-34H/i3D,8D,9D,10D,11D,17D,18D,21D,22D,27D,28D,29D,30D,31D,32D,34D. The molecule has 2 heterocycles. The van der Waals surface area contributed by atoms with Crippen LogP contribution in [0.25, 0.3) is 95.0 Å². The number of hydrogen-bond donors (Lipinski definition) is 0. The zero-order chi connectivity index (χ0) is 50.5. The largest absolute Gasteiger partial charge is 0.309 e. The van der Waals surface area contributed by atoms with Crippen molar-refractivity contribution in [3.63, 3.8) is 0 Å². The molecular weight excluding hydrogens is 669 g/mol. The maximum atomic E-state index is 9.57. The topological polar surface area (TPSA) is 43.6 Å². The first kappa shape index (κ1) is 19.6. The van der Waals surface area contributed by atoms with Crippen LogP contribution in [0.1, 0.15) is 21.9 Å². The van der Waals surface area contributed by atoms with Crippen LogP contribution in [0.4, 0.5) is 0 Å². The molecule has 10 aromatic rings. The molecule has 0 unspecified atom stereocenters. The van der Waals surface area contributed by atoms with Gasteiger partial charge in [-0.15, -0.1) is 0 Å². The Morgan fingerprint density at radius 2 is 0.873 bits per heavy atom. The number of fused-ring (bicyclic) bond motifs is 3. The molecule has 55 heavy (non-hydrogen) atoms. The van der Waals surface area contributed by atoms with Gasteiger partial charge in [-0.05, 0) is 81.7 Å². The lowest BCUT2D eigenvalue weighted by atomic mass is 10.0. The molecule has 0 saturated heterocycles. The molecule has 2 aromatic heterocycles. The minimum atomic E-state index is -0.828. The average Bonchev–Trinajstić information content (AvgIpc) is 3.75. The summed E-state index contributed by atoms with van der Waals surface area (Å²) in [7, 11) is 0. The maximum Gasteiger partial charge on any atom is 0.164 e. The molecule has 4 heteroatoms. The Morgan fingerprint density at radius 1 is 0.345 bits per heavy atom. The summed E-state index contributed by atoms with van der Waals surface area (Å²) in [4.78, 5) is 14.4. The molecule has 0 N–H and O–H groups in total. The maximum absolute atomic E-state index is 9.57. The summed E-state index contributed by atoms with van der Waals surface area (Å²) >= 11 is 0. The quantitative estimate of drug-likeness (QED) is 0.165. The van der Waals surface area contributed by atoms with Crippen molar-refractivity contribution < 1.29 is 21.9 Å². The smallest absolute Gasteiger partial charge is 0.164 e. The number of hydrogen-bond acceptors (Lipinski definition) is 3. The fraction of sp³-hybridized carbons (Fsp3) is 0. The first-order valence-electron chi connectivity index (χ1n) is 25.2. The van der Waals surface area contributed by atoms with Crippen LogP contribution in [-0.2, 0) is 0 Å². The second kappa shape index (κ2) is 13.8. The third kappa shape index (κ3) is 6.16. The van der Waals surface area contributed by atoms with Crippen molar-refractivity contribution in [3.8, 4) is 73.2 Å². The minimum Gasteiger partial charge on any atom is -0.309 e. The fourth-order valence-corrected chi connectivity index (χ4v) is 6.42. The highest BCUT2D eigenvalue weighted by atomic mass is 15.0. The van der Waals surface area contributed by atoms with Crippen LogP contribution in [0.2, 0.25) is 0 Å². The first-order chi connectivity index (χ1) is 33.9. The predicted octanol–water partition coefficient (Wildman–Crippen LogP) is 13.0. The van der Waals surface area contributed by atoms with Gasteiger partial charge in [0.2, 0.25) is 0 Å². The summed E-state index contributed by atoms with van der Waals surface area (Å²) in [5.74, 6) is 0.0593. The molecule has 0 atom stereocenters. The summed E-state index contributed by atoms with van der Waals surface area (Å²) in [6.07, 6.45) is 0. The van der Waals surface area contributed by atoms with Gasteiger partial charge < -0.3 is 4.57 Å². The van der Waals surface area contributed by atoms with Crippen LogP contribution in [-0.4, -0.2) is 19.5 Å². The zero-order valence-electron chi connectivity index (χ0n) is 44.7. The third-order valence-electron chi connectivity index (χ3n) is 9.08. The number of nitrogens with zero attached hydrogens (tertiary/aromatic N) is 4. The first-order valence-corrected chi connectivity index (χ1v) is 17.2. The Labute approximate surface area is 342 Å². The van der Waals surface area contributed by atoms with Crippen LogP contribution >= 0.6 is 0 Å². The van der Waals surface area contributed by atoms with Crippen molar-refractivity contribution in [2.75, 3.05) is 0 Å². The Balaban J connectivity index is 1.25. The van der Waals surface area contributed by atoms with E-state index >= 15 is 0 Å². The lowest BCUT2D eigenvalue weighted by Crippen LogP contribution is -2.01. The normalized spacial score (nSPS) is 15.3. The number of aromatic nitrogens is 4. The van der Waals surface area contributed by atoms with E-state index in [-0.39, 0.29) is 23.0 Å². The van der Waals surface area contributed by atoms with Gasteiger partial charge in [-0.25, -0.2) is 15.0 Å². The summed E-state index contributed by atoms with van der Waals surface area (Å²) < 4.78 is 145. The molecule has 0 amide bonds. The molecule has 0 bridgehead atoms. The van der Waals surface area contributed by atoms with Crippen molar-refractivity contribution >= 4 is 21.8 Å². The SMILES string of the molecule is [2H]c1c([2H])c([2H])c(-c2c([2H])c([2H])c3c(c2[2H])c2c([2H])c([2H])c([2H])c([2H])c2n3-c2c([2H])c([2H])c(-c3nc(-c4ccc(-c5ccccc5)cc4)nc(-c4cccc(-c5ccccc5)c4)n3)c([2H])c2[2H])c([2H])c1[2H]. The molecule has 10 rings (SSSR count). The van der Waals surface area contributed by atoms with Crippen LogP contribution in [0.5, 0.6) is 0 Å². The second-order valence-corrected chi connectivity index (χ2v) is 12.5. The lowest BCUT2D eigenvalue weighted by molar-refractivity contribution is 1.07. The molecule has 0 spiro atoms. The van der Waals surface area contributed by atoms with E-state index in [1.807, 2.05) is 103 Å². The van der Waals surface area contributed by atoms with Gasteiger partial charge in [0.25, 0.3) is 0 Å². The Hall–Kier alpha value is -7.43. The Kier molecular flexibility index (Phi) is 4.93. The van der Waals surface area contributed by atoms with Gasteiger partial charge in [0.1, 0.15) is 0 Å². The van der Waals surface area contributed by atoms with Crippen LogP contribution in [0.3, 0.4) is 0 Å². The highest BCUT2D eigenvalue weighted by molar-refractivity contribution is 6.10. The van der Waals surface area contributed by atoms with E-state index in [2.05, 4.69) is 0 Å². The number of para-hydroxylation sites is 1. The highest BCUT2D eigenvalue weighted by Gasteiger charge is 2.16. The molecule has 0 aliphatic heterocycles. The van der Waals surface area contributed by atoms with Gasteiger partial charge in [0.05, 0.1) is 33.0 Å². The monoisotopic (exact) mass is 718 g/mol. The van der Waals surface area contributed by atoms with Gasteiger partial charge in [0, 0.05) is 33.2 Å². The summed E-state index contributed by atoms with van der Waals surface area (Å²) in [6, 6.07) is 22.1. The van der Waals surface area contributed by atoms with E-state index < -0.39 is 135 Å². The lowest BCUT2D eigenvalue weighted by Gasteiger charge is -2.12. The van der Waals surface area contributed by atoms with Gasteiger partial charge >= 0.3 is 0 Å². The van der Waals surface area contributed by atoms with Crippen LogP contribution < -0.4 is 0 Å². The number of benzene rings is 8. The zero-order valence-corrected chi connectivity index (χ0v) is 28.7. The van der Waals surface area contributed by atoms with Gasteiger partial charge in [-0.2, -0.15) is 0 Å². The summed E-state index contributed by atoms with van der Waals surface area (Å²) in [6.45, 7) is 0. The Morgan fingerprint density at radius 3 is 1.60 bits per heavy atom. The molecule has 0 fully saturated rings. The van der Waals surface area contributed by atoms with Crippen molar-refractivity contribution in [3.05, 3.63) is 206 Å². The van der Waals surface area contributed by atoms with Gasteiger partial charge in [-0.1, -0.05) is 158 Å². The van der Waals surface area contributed by atoms with Gasteiger partial charge in [0.15, 0.2) is 17.5 Å². The predicted molar refractivity (Wildman–Crippen MR) is 227 cm³/mol. The Bertz CT molecular complexity index is 3820. The molecule has 0 aliphatic rings. The highest BCUT2D eigenvalue weighted by Crippen LogP contribution is 2.36. The van der Waals surface area contributed by atoms with Crippen molar-refractivity contribution in [1.82, 2.24) is 19.5 Å². The van der Waals surface area contributed by atoms with E-state index in [1.165, 1.54) is 0 Å².